The van der Waals surface area contributed by atoms with Gasteiger partial charge in [0.15, 0.2) is 0 Å². The average Bonchev–Trinajstić information content (AvgIpc) is 2.81. The van der Waals surface area contributed by atoms with Crippen molar-refractivity contribution >= 4 is 36.6 Å². The third-order valence-corrected chi connectivity index (χ3v) is 3.14. The first-order chi connectivity index (χ1) is 9.11. The van der Waals surface area contributed by atoms with Crippen molar-refractivity contribution in [2.24, 2.45) is 0 Å². The molecule has 3 N–H and O–H groups in total. The molecule has 100 valence electrons. The van der Waals surface area contributed by atoms with E-state index in [0.717, 1.165) is 16.5 Å². The van der Waals surface area contributed by atoms with Crippen LogP contribution in [0.3, 0.4) is 0 Å². The van der Waals surface area contributed by atoms with E-state index in [1.54, 1.807) is 6.26 Å². The molecular formula is C12H14BNO4S. The van der Waals surface area contributed by atoms with Crippen LogP contribution >= 0.6 is 12.6 Å². The molecule has 0 unspecified atom stereocenters. The SMILES string of the molecule is O=C(CS)N[C@H](Cc1coc2ccccc12)B(O)O. The van der Waals surface area contributed by atoms with E-state index < -0.39 is 13.1 Å². The molecule has 1 amide bonds. The number of fused-ring (bicyclic) bond motifs is 1. The molecular weight excluding hydrogens is 265 g/mol. The first-order valence-electron chi connectivity index (χ1n) is 5.83. The summed E-state index contributed by atoms with van der Waals surface area (Å²) >= 11 is 3.84. The number of nitrogens with one attached hydrogen (secondary N) is 1. The lowest BCUT2D eigenvalue weighted by Crippen LogP contribution is -2.48. The standard InChI is InChI=1S/C12H14BNO4S/c15-12(7-19)14-11(13(16)17)5-8-6-18-10-4-2-1-3-9(8)10/h1-4,6,11,16-17,19H,5,7H2,(H,14,15)/t11-/m1/s1. The highest BCUT2D eigenvalue weighted by atomic mass is 32.1. The van der Waals surface area contributed by atoms with Gasteiger partial charge >= 0.3 is 7.12 Å². The zero-order valence-corrected chi connectivity index (χ0v) is 11.0. The highest BCUT2D eigenvalue weighted by molar-refractivity contribution is 7.81. The van der Waals surface area contributed by atoms with Crippen molar-refractivity contribution < 1.29 is 19.3 Å². The molecule has 0 bridgehead atoms. The maximum Gasteiger partial charge on any atom is 0.475 e. The summed E-state index contributed by atoms with van der Waals surface area (Å²) in [7, 11) is -1.64. The minimum atomic E-state index is -1.64. The Morgan fingerprint density at radius 3 is 2.84 bits per heavy atom. The normalized spacial score (nSPS) is 12.4. The van der Waals surface area contributed by atoms with Gasteiger partial charge in [-0.15, -0.1) is 0 Å². The van der Waals surface area contributed by atoms with Crippen LogP contribution in [0.4, 0.5) is 0 Å². The Morgan fingerprint density at radius 2 is 2.16 bits per heavy atom. The van der Waals surface area contributed by atoms with Crippen LogP contribution in [0.1, 0.15) is 5.56 Å². The van der Waals surface area contributed by atoms with Gasteiger partial charge in [-0.3, -0.25) is 4.79 Å². The molecule has 1 aromatic carbocycles. The van der Waals surface area contributed by atoms with E-state index in [4.69, 9.17) is 4.42 Å². The Bertz CT molecular complexity index is 572. The van der Waals surface area contributed by atoms with E-state index in [1.807, 2.05) is 24.3 Å². The fourth-order valence-corrected chi connectivity index (χ4v) is 2.00. The first kappa shape index (κ1) is 14.0. The third-order valence-electron chi connectivity index (χ3n) is 2.85. The number of rotatable bonds is 5. The Labute approximate surface area is 116 Å². The number of carbonyl (C=O) groups excluding carboxylic acids is 1. The summed E-state index contributed by atoms with van der Waals surface area (Å²) in [4.78, 5) is 11.3. The lowest BCUT2D eigenvalue weighted by molar-refractivity contribution is -0.118. The number of furan rings is 1. The summed E-state index contributed by atoms with van der Waals surface area (Å²) < 4.78 is 5.37. The van der Waals surface area contributed by atoms with Crippen LogP contribution < -0.4 is 5.32 Å². The van der Waals surface area contributed by atoms with Gasteiger partial charge in [0.05, 0.1) is 18.0 Å². The van der Waals surface area contributed by atoms with Crippen molar-refractivity contribution in [3.05, 3.63) is 36.1 Å². The molecule has 0 aliphatic carbocycles. The molecule has 0 saturated carbocycles. The Morgan fingerprint density at radius 1 is 1.42 bits per heavy atom. The second kappa shape index (κ2) is 6.14. The van der Waals surface area contributed by atoms with E-state index in [0.29, 0.717) is 0 Å². The molecule has 0 saturated heterocycles. The molecule has 7 heteroatoms. The van der Waals surface area contributed by atoms with Gasteiger partial charge in [0, 0.05) is 5.39 Å². The molecule has 0 fully saturated rings. The second-order valence-electron chi connectivity index (χ2n) is 4.21. The van der Waals surface area contributed by atoms with Gasteiger partial charge in [0.25, 0.3) is 0 Å². The van der Waals surface area contributed by atoms with Crippen molar-refractivity contribution in [3.63, 3.8) is 0 Å². The minimum Gasteiger partial charge on any atom is -0.464 e. The van der Waals surface area contributed by atoms with E-state index in [-0.39, 0.29) is 18.1 Å². The summed E-state index contributed by atoms with van der Waals surface area (Å²) in [5.41, 5.74) is 1.54. The quantitative estimate of drug-likeness (QED) is 0.472. The monoisotopic (exact) mass is 279 g/mol. The highest BCUT2D eigenvalue weighted by Crippen LogP contribution is 2.22. The number of para-hydroxylation sites is 1. The molecule has 5 nitrogen and oxygen atoms in total. The van der Waals surface area contributed by atoms with E-state index in [1.165, 1.54) is 0 Å². The number of thiol groups is 1. The van der Waals surface area contributed by atoms with E-state index >= 15 is 0 Å². The van der Waals surface area contributed by atoms with Gasteiger partial charge in [0.2, 0.25) is 5.91 Å². The molecule has 0 aliphatic rings. The van der Waals surface area contributed by atoms with Crippen LogP contribution in [-0.2, 0) is 11.2 Å². The molecule has 0 radical (unpaired) electrons. The van der Waals surface area contributed by atoms with Crippen LogP contribution in [0.2, 0.25) is 0 Å². The summed E-state index contributed by atoms with van der Waals surface area (Å²) in [5.74, 6) is -1.15. The fourth-order valence-electron chi connectivity index (χ4n) is 1.91. The van der Waals surface area contributed by atoms with Crippen LogP contribution in [0.5, 0.6) is 0 Å². The van der Waals surface area contributed by atoms with Gasteiger partial charge in [0.1, 0.15) is 5.58 Å². The fraction of sp³-hybridized carbons (Fsp3) is 0.250. The largest absolute Gasteiger partial charge is 0.475 e. The number of amides is 1. The third kappa shape index (κ3) is 3.31. The average molecular weight is 279 g/mol. The number of carbonyl (C=O) groups is 1. The summed E-state index contributed by atoms with van der Waals surface area (Å²) in [5, 5.41) is 22.0. The molecule has 1 heterocycles. The predicted molar refractivity (Wildman–Crippen MR) is 75.9 cm³/mol. The summed E-state index contributed by atoms with van der Waals surface area (Å²) in [6.45, 7) is 0. The maximum atomic E-state index is 11.3. The molecule has 0 spiro atoms. The van der Waals surface area contributed by atoms with Crippen molar-refractivity contribution in [3.8, 4) is 0 Å². The van der Waals surface area contributed by atoms with E-state index in [2.05, 4.69) is 17.9 Å². The smallest absolute Gasteiger partial charge is 0.464 e. The summed E-state index contributed by atoms with van der Waals surface area (Å²) in [6.07, 6.45) is 1.83. The van der Waals surface area contributed by atoms with Gasteiger partial charge in [-0.25, -0.2) is 0 Å². The Balaban J connectivity index is 2.19. The van der Waals surface area contributed by atoms with Crippen molar-refractivity contribution in [2.45, 2.75) is 12.4 Å². The molecule has 1 aromatic heterocycles. The predicted octanol–water partition coefficient (Wildman–Crippen LogP) is 0.402. The zero-order chi connectivity index (χ0) is 13.8. The van der Waals surface area contributed by atoms with Gasteiger partial charge in [-0.05, 0) is 18.1 Å². The number of hydrogen-bond acceptors (Lipinski definition) is 5. The van der Waals surface area contributed by atoms with E-state index in [9.17, 15) is 14.8 Å². The maximum absolute atomic E-state index is 11.3. The molecule has 2 rings (SSSR count). The second-order valence-corrected chi connectivity index (χ2v) is 4.52. The highest BCUT2D eigenvalue weighted by Gasteiger charge is 2.26. The van der Waals surface area contributed by atoms with Crippen molar-refractivity contribution in [2.75, 3.05) is 5.75 Å². The van der Waals surface area contributed by atoms with Crippen LogP contribution in [0, 0.1) is 0 Å². The van der Waals surface area contributed by atoms with Crippen LogP contribution in [0.15, 0.2) is 34.9 Å². The summed E-state index contributed by atoms with van der Waals surface area (Å²) in [6, 6.07) is 7.44. The van der Waals surface area contributed by atoms with Crippen LogP contribution in [0.25, 0.3) is 11.0 Å². The molecule has 1 atom stereocenters. The van der Waals surface area contributed by atoms with Gasteiger partial charge in [-0.2, -0.15) is 12.6 Å². The van der Waals surface area contributed by atoms with Crippen LogP contribution in [-0.4, -0.2) is 34.8 Å². The number of hydrogen-bond donors (Lipinski definition) is 4. The van der Waals surface area contributed by atoms with Crippen molar-refractivity contribution in [1.29, 1.82) is 0 Å². The molecule has 2 aromatic rings. The van der Waals surface area contributed by atoms with Gasteiger partial charge in [-0.1, -0.05) is 18.2 Å². The molecule has 19 heavy (non-hydrogen) atoms. The first-order valence-corrected chi connectivity index (χ1v) is 6.46. The zero-order valence-electron chi connectivity index (χ0n) is 10.1. The number of benzene rings is 1. The Kier molecular flexibility index (Phi) is 4.52. The minimum absolute atomic E-state index is 0.00461. The lowest BCUT2D eigenvalue weighted by Gasteiger charge is -2.16. The topological polar surface area (TPSA) is 82.7 Å². The van der Waals surface area contributed by atoms with Crippen molar-refractivity contribution in [1.82, 2.24) is 5.32 Å². The lowest BCUT2D eigenvalue weighted by atomic mass is 9.76. The Hall–Kier alpha value is -1.44. The van der Waals surface area contributed by atoms with Gasteiger partial charge < -0.3 is 19.8 Å². The molecule has 0 aliphatic heterocycles.